The zero-order chi connectivity index (χ0) is 11.3. The van der Waals surface area contributed by atoms with Gasteiger partial charge in [-0.05, 0) is 24.1 Å². The van der Waals surface area contributed by atoms with E-state index in [9.17, 15) is 8.42 Å². The van der Waals surface area contributed by atoms with E-state index in [0.717, 1.165) is 5.56 Å². The lowest BCUT2D eigenvalue weighted by molar-refractivity contribution is 0.594. The molecular weight excluding hydrogens is 210 g/mol. The highest BCUT2D eigenvalue weighted by Crippen LogP contribution is 2.09. The molecule has 4 heteroatoms. The van der Waals surface area contributed by atoms with Crippen LogP contribution >= 0.6 is 0 Å². The molecular formula is C11H13NO2S. The summed E-state index contributed by atoms with van der Waals surface area (Å²) in [5.74, 6) is 0.277. The molecule has 0 N–H and O–H groups in total. The van der Waals surface area contributed by atoms with Crippen LogP contribution in [0, 0.1) is 11.3 Å². The molecule has 1 rings (SSSR count). The molecule has 0 spiro atoms. The Morgan fingerprint density at radius 1 is 1.27 bits per heavy atom. The smallest absolute Gasteiger partial charge is 0.154 e. The molecule has 0 radical (unpaired) electrons. The molecule has 1 aromatic carbocycles. The van der Waals surface area contributed by atoms with Gasteiger partial charge < -0.3 is 0 Å². The molecule has 0 aliphatic rings. The minimum Gasteiger partial charge on any atom is -0.228 e. The molecule has 0 atom stereocenters. The Morgan fingerprint density at radius 2 is 1.87 bits per heavy atom. The molecule has 0 amide bonds. The summed E-state index contributed by atoms with van der Waals surface area (Å²) >= 11 is 0. The maximum absolute atomic E-state index is 11.5. The molecule has 0 fully saturated rings. The minimum absolute atomic E-state index is 0.0621. The lowest BCUT2D eigenvalue weighted by Crippen LogP contribution is -2.08. The molecule has 0 aliphatic carbocycles. The summed E-state index contributed by atoms with van der Waals surface area (Å²) in [5.41, 5.74) is 1.29. The van der Waals surface area contributed by atoms with Crippen molar-refractivity contribution >= 4 is 9.84 Å². The predicted molar refractivity (Wildman–Crippen MR) is 58.9 cm³/mol. The van der Waals surface area contributed by atoms with Gasteiger partial charge in [-0.2, -0.15) is 5.26 Å². The average molecular weight is 223 g/mol. The van der Waals surface area contributed by atoms with Crippen LogP contribution in [0.5, 0.6) is 0 Å². The summed E-state index contributed by atoms with van der Waals surface area (Å²) in [6.45, 7) is 1.84. The molecule has 1 aromatic rings. The van der Waals surface area contributed by atoms with Crippen molar-refractivity contribution in [1.29, 1.82) is 5.26 Å². The lowest BCUT2D eigenvalue weighted by Gasteiger charge is -2.02. The topological polar surface area (TPSA) is 57.9 Å². The van der Waals surface area contributed by atoms with E-state index >= 15 is 0 Å². The van der Waals surface area contributed by atoms with E-state index in [0.29, 0.717) is 12.0 Å². The van der Waals surface area contributed by atoms with Gasteiger partial charge in [-0.25, -0.2) is 8.42 Å². The van der Waals surface area contributed by atoms with Crippen LogP contribution < -0.4 is 0 Å². The van der Waals surface area contributed by atoms with Crippen molar-refractivity contribution < 1.29 is 8.42 Å². The molecule has 0 aliphatic heterocycles. The number of sulfone groups is 1. The van der Waals surface area contributed by atoms with E-state index in [1.165, 1.54) is 0 Å². The van der Waals surface area contributed by atoms with E-state index in [-0.39, 0.29) is 11.5 Å². The Morgan fingerprint density at radius 3 is 2.33 bits per heavy atom. The second-order valence-electron chi connectivity index (χ2n) is 3.40. The van der Waals surface area contributed by atoms with Crippen molar-refractivity contribution in [3.05, 3.63) is 35.4 Å². The van der Waals surface area contributed by atoms with Crippen LogP contribution in [-0.2, 0) is 15.6 Å². The zero-order valence-electron chi connectivity index (χ0n) is 8.60. The molecule has 3 nitrogen and oxygen atoms in total. The zero-order valence-corrected chi connectivity index (χ0v) is 9.42. The number of rotatable bonds is 4. The maximum atomic E-state index is 11.5. The summed E-state index contributed by atoms with van der Waals surface area (Å²) in [6.07, 6.45) is 0.638. The summed E-state index contributed by atoms with van der Waals surface area (Å²) in [7, 11) is -2.99. The van der Waals surface area contributed by atoms with Gasteiger partial charge in [0.15, 0.2) is 9.84 Å². The molecule has 0 saturated heterocycles. The first-order chi connectivity index (χ1) is 7.07. The maximum Gasteiger partial charge on any atom is 0.154 e. The molecule has 0 aromatic heterocycles. The number of hydrogen-bond donors (Lipinski definition) is 0. The fourth-order valence-corrected chi connectivity index (χ4v) is 2.78. The van der Waals surface area contributed by atoms with Crippen molar-refractivity contribution in [2.75, 3.05) is 5.75 Å². The molecule has 0 bridgehead atoms. The second kappa shape index (κ2) is 4.94. The van der Waals surface area contributed by atoms with Crippen LogP contribution in [0.2, 0.25) is 0 Å². The molecule has 0 saturated carbocycles. The van der Waals surface area contributed by atoms with Crippen LogP contribution in [0.25, 0.3) is 0 Å². The number of nitrogens with zero attached hydrogens (tertiary/aromatic N) is 1. The van der Waals surface area contributed by atoms with Crippen molar-refractivity contribution in [3.63, 3.8) is 0 Å². The molecule has 80 valence electrons. The monoisotopic (exact) mass is 223 g/mol. The number of nitriles is 1. The first kappa shape index (κ1) is 11.7. The van der Waals surface area contributed by atoms with Gasteiger partial charge in [0.2, 0.25) is 0 Å². The summed E-state index contributed by atoms with van der Waals surface area (Å²) < 4.78 is 23.0. The molecule has 0 unspecified atom stereocenters. The molecule has 0 heterocycles. The van der Waals surface area contributed by atoms with Crippen LogP contribution in [0.1, 0.15) is 24.5 Å². The highest BCUT2D eigenvalue weighted by molar-refractivity contribution is 7.90. The van der Waals surface area contributed by atoms with Crippen molar-refractivity contribution in [2.45, 2.75) is 19.1 Å². The van der Waals surface area contributed by atoms with Gasteiger partial charge in [-0.1, -0.05) is 19.1 Å². The fraction of sp³-hybridized carbons (Fsp3) is 0.364. The number of hydrogen-bond acceptors (Lipinski definition) is 3. The normalized spacial score (nSPS) is 10.9. The Balaban J connectivity index is 2.78. The Hall–Kier alpha value is -1.34. The van der Waals surface area contributed by atoms with E-state index in [2.05, 4.69) is 0 Å². The standard InChI is InChI=1S/C11H13NO2S/c1-2-7-15(13,14)9-11-5-3-10(8-12)4-6-11/h3-6H,2,7,9H2,1H3. The van der Waals surface area contributed by atoms with Crippen LogP contribution in [0.3, 0.4) is 0 Å². The van der Waals surface area contributed by atoms with E-state index in [1.807, 2.05) is 13.0 Å². The second-order valence-corrected chi connectivity index (χ2v) is 5.58. The summed E-state index contributed by atoms with van der Waals surface area (Å²) in [5, 5.41) is 8.58. The van der Waals surface area contributed by atoms with Crippen LogP contribution in [0.4, 0.5) is 0 Å². The Kier molecular flexibility index (Phi) is 3.87. The molecule has 15 heavy (non-hydrogen) atoms. The average Bonchev–Trinajstić information content (AvgIpc) is 2.18. The van der Waals surface area contributed by atoms with Crippen LogP contribution in [0.15, 0.2) is 24.3 Å². The van der Waals surface area contributed by atoms with Crippen molar-refractivity contribution in [2.24, 2.45) is 0 Å². The van der Waals surface area contributed by atoms with E-state index in [4.69, 9.17) is 5.26 Å². The van der Waals surface area contributed by atoms with Gasteiger partial charge in [0, 0.05) is 0 Å². The first-order valence-corrected chi connectivity index (χ1v) is 6.59. The Bertz CT molecular complexity index is 454. The van der Waals surface area contributed by atoms with Gasteiger partial charge in [-0.15, -0.1) is 0 Å². The third-order valence-electron chi connectivity index (χ3n) is 1.98. The highest BCUT2D eigenvalue weighted by atomic mass is 32.2. The van der Waals surface area contributed by atoms with Gasteiger partial charge in [0.25, 0.3) is 0 Å². The first-order valence-electron chi connectivity index (χ1n) is 4.77. The number of benzene rings is 1. The third kappa shape index (κ3) is 3.72. The van der Waals surface area contributed by atoms with Crippen molar-refractivity contribution in [3.8, 4) is 6.07 Å². The minimum atomic E-state index is -2.99. The van der Waals surface area contributed by atoms with Gasteiger partial charge in [-0.3, -0.25) is 0 Å². The Labute approximate surface area is 90.3 Å². The van der Waals surface area contributed by atoms with E-state index in [1.54, 1.807) is 24.3 Å². The van der Waals surface area contributed by atoms with E-state index < -0.39 is 9.84 Å². The SMILES string of the molecule is CCCS(=O)(=O)Cc1ccc(C#N)cc1. The van der Waals surface area contributed by atoms with Crippen LogP contribution in [-0.4, -0.2) is 14.2 Å². The van der Waals surface area contributed by atoms with Gasteiger partial charge in [0.05, 0.1) is 23.1 Å². The predicted octanol–water partition coefficient (Wildman–Crippen LogP) is 1.88. The fourth-order valence-electron chi connectivity index (χ4n) is 1.31. The van der Waals surface area contributed by atoms with Crippen molar-refractivity contribution in [1.82, 2.24) is 0 Å². The quantitative estimate of drug-likeness (QED) is 0.783. The lowest BCUT2D eigenvalue weighted by atomic mass is 10.2. The van der Waals surface area contributed by atoms with Gasteiger partial charge >= 0.3 is 0 Å². The highest BCUT2D eigenvalue weighted by Gasteiger charge is 2.10. The summed E-state index contributed by atoms with van der Waals surface area (Å²) in [6, 6.07) is 8.64. The summed E-state index contributed by atoms with van der Waals surface area (Å²) in [4.78, 5) is 0. The third-order valence-corrected chi connectivity index (χ3v) is 3.79. The van der Waals surface area contributed by atoms with Gasteiger partial charge in [0.1, 0.15) is 0 Å². The largest absolute Gasteiger partial charge is 0.228 e.